The molecule has 1 aromatic carbocycles. The Morgan fingerprint density at radius 3 is 2.69 bits per heavy atom. The molecular formula is C18H17ClN2O4S. The van der Waals surface area contributed by atoms with Crippen LogP contribution < -0.4 is 5.32 Å². The Hall–Kier alpha value is -2.38. The second-order valence-electron chi connectivity index (χ2n) is 5.99. The normalized spacial score (nSPS) is 17.0. The number of nitrogens with zero attached hydrogens (tertiary/aromatic N) is 1. The lowest BCUT2D eigenvalue weighted by atomic mass is 10.0. The number of rotatable bonds is 4. The average molecular weight is 393 g/mol. The minimum absolute atomic E-state index is 0.312. The third-order valence-electron chi connectivity index (χ3n) is 4.21. The van der Waals surface area contributed by atoms with E-state index in [-0.39, 0.29) is 11.8 Å². The first-order valence-corrected chi connectivity index (χ1v) is 9.35. The monoisotopic (exact) mass is 392 g/mol. The van der Waals surface area contributed by atoms with Crippen molar-refractivity contribution in [2.45, 2.75) is 25.3 Å². The lowest BCUT2D eigenvalue weighted by molar-refractivity contribution is -0.143. The van der Waals surface area contributed by atoms with Crippen molar-refractivity contribution >= 4 is 46.4 Å². The van der Waals surface area contributed by atoms with Crippen LogP contribution in [-0.4, -0.2) is 40.4 Å². The standard InChI is InChI=1S/C18H17ClN2O4S/c19-15-8-7-14(26-15)16(22)20-12-5-3-4-11(10-12)17(23)21-9-2-1-6-13(21)18(24)25/h3-5,7-8,10,13H,1-2,6,9H2,(H,20,22)(H,24,25). The van der Waals surface area contributed by atoms with E-state index in [9.17, 15) is 19.5 Å². The van der Waals surface area contributed by atoms with Gasteiger partial charge < -0.3 is 15.3 Å². The van der Waals surface area contributed by atoms with Crippen molar-refractivity contribution < 1.29 is 19.5 Å². The Bertz CT molecular complexity index is 851. The minimum atomic E-state index is -0.989. The molecule has 2 heterocycles. The van der Waals surface area contributed by atoms with Crippen LogP contribution in [0.3, 0.4) is 0 Å². The maximum atomic E-state index is 12.8. The molecule has 1 unspecified atom stereocenters. The van der Waals surface area contributed by atoms with Crippen LogP contribution in [0.15, 0.2) is 36.4 Å². The molecule has 1 aromatic heterocycles. The Kier molecular flexibility index (Phi) is 5.58. The zero-order chi connectivity index (χ0) is 18.7. The van der Waals surface area contributed by atoms with E-state index in [1.165, 1.54) is 4.90 Å². The highest BCUT2D eigenvalue weighted by Crippen LogP contribution is 2.24. The number of hydrogen-bond donors (Lipinski definition) is 2. The molecule has 136 valence electrons. The van der Waals surface area contributed by atoms with E-state index < -0.39 is 12.0 Å². The number of carboxylic acids is 1. The van der Waals surface area contributed by atoms with Crippen LogP contribution in [0.5, 0.6) is 0 Å². The molecule has 1 atom stereocenters. The summed E-state index contributed by atoms with van der Waals surface area (Å²) < 4.78 is 0.517. The maximum Gasteiger partial charge on any atom is 0.326 e. The zero-order valence-corrected chi connectivity index (χ0v) is 15.3. The van der Waals surface area contributed by atoms with Gasteiger partial charge in [0.1, 0.15) is 6.04 Å². The van der Waals surface area contributed by atoms with Crippen LogP contribution in [0.1, 0.15) is 39.3 Å². The van der Waals surface area contributed by atoms with E-state index in [2.05, 4.69) is 5.32 Å². The quantitative estimate of drug-likeness (QED) is 0.829. The molecule has 1 aliphatic rings. The summed E-state index contributed by atoms with van der Waals surface area (Å²) in [5.41, 5.74) is 0.814. The fourth-order valence-electron chi connectivity index (χ4n) is 2.96. The van der Waals surface area contributed by atoms with Crippen molar-refractivity contribution in [1.29, 1.82) is 0 Å². The number of carbonyl (C=O) groups excluding carboxylic acids is 2. The van der Waals surface area contributed by atoms with Crippen molar-refractivity contribution in [3.8, 4) is 0 Å². The van der Waals surface area contributed by atoms with Gasteiger partial charge in [-0.15, -0.1) is 11.3 Å². The minimum Gasteiger partial charge on any atom is -0.480 e. The average Bonchev–Trinajstić information content (AvgIpc) is 3.08. The molecule has 1 fully saturated rings. The third kappa shape index (κ3) is 4.05. The van der Waals surface area contributed by atoms with E-state index in [1.807, 2.05) is 0 Å². The number of anilines is 1. The zero-order valence-electron chi connectivity index (χ0n) is 13.8. The Morgan fingerprint density at radius 1 is 1.19 bits per heavy atom. The van der Waals surface area contributed by atoms with Crippen LogP contribution in [0, 0.1) is 0 Å². The number of thiophene rings is 1. The first kappa shape index (κ1) is 18.4. The number of amides is 2. The number of aliphatic carboxylic acids is 1. The maximum absolute atomic E-state index is 12.8. The van der Waals surface area contributed by atoms with E-state index in [0.29, 0.717) is 33.4 Å². The molecule has 0 saturated carbocycles. The largest absolute Gasteiger partial charge is 0.480 e. The van der Waals surface area contributed by atoms with Gasteiger partial charge in [-0.25, -0.2) is 4.79 Å². The van der Waals surface area contributed by atoms with Crippen LogP contribution in [0.2, 0.25) is 4.34 Å². The lowest BCUT2D eigenvalue weighted by Crippen LogP contribution is -2.48. The molecule has 1 aliphatic heterocycles. The molecule has 0 bridgehead atoms. The molecule has 2 N–H and O–H groups in total. The summed E-state index contributed by atoms with van der Waals surface area (Å²) in [6.45, 7) is 0.417. The van der Waals surface area contributed by atoms with E-state index in [4.69, 9.17) is 11.6 Å². The summed E-state index contributed by atoms with van der Waals surface area (Å²) in [5.74, 6) is -1.64. The molecule has 0 aliphatic carbocycles. The van der Waals surface area contributed by atoms with Gasteiger partial charge in [0.25, 0.3) is 11.8 Å². The fourth-order valence-corrected chi connectivity index (χ4v) is 3.89. The van der Waals surface area contributed by atoms with Crippen molar-refractivity contribution in [2.75, 3.05) is 11.9 Å². The Morgan fingerprint density at radius 2 is 2.00 bits per heavy atom. The fraction of sp³-hybridized carbons (Fsp3) is 0.278. The number of piperidine rings is 1. The third-order valence-corrected chi connectivity index (χ3v) is 5.44. The first-order valence-electron chi connectivity index (χ1n) is 8.16. The molecule has 2 amide bonds. The number of halogens is 1. The predicted molar refractivity (Wildman–Crippen MR) is 100 cm³/mol. The molecular weight excluding hydrogens is 376 g/mol. The second kappa shape index (κ2) is 7.88. The van der Waals surface area contributed by atoms with Gasteiger partial charge in [-0.1, -0.05) is 17.7 Å². The Labute approximate surface area is 159 Å². The van der Waals surface area contributed by atoms with Crippen molar-refractivity contribution in [2.24, 2.45) is 0 Å². The molecule has 8 heteroatoms. The topological polar surface area (TPSA) is 86.7 Å². The van der Waals surface area contributed by atoms with E-state index >= 15 is 0 Å². The summed E-state index contributed by atoms with van der Waals surface area (Å²) in [6, 6.07) is 8.98. The van der Waals surface area contributed by atoms with Gasteiger partial charge in [-0.2, -0.15) is 0 Å². The molecule has 3 rings (SSSR count). The number of likely N-dealkylation sites (tertiary alicyclic amines) is 1. The smallest absolute Gasteiger partial charge is 0.326 e. The van der Waals surface area contributed by atoms with Gasteiger partial charge in [0, 0.05) is 17.8 Å². The second-order valence-corrected chi connectivity index (χ2v) is 7.70. The highest BCUT2D eigenvalue weighted by atomic mass is 35.5. The summed E-state index contributed by atoms with van der Waals surface area (Å²) in [7, 11) is 0. The van der Waals surface area contributed by atoms with Gasteiger partial charge in [0.15, 0.2) is 0 Å². The van der Waals surface area contributed by atoms with Crippen LogP contribution >= 0.6 is 22.9 Å². The molecule has 6 nitrogen and oxygen atoms in total. The molecule has 2 aromatic rings. The van der Waals surface area contributed by atoms with Gasteiger partial charge in [0.05, 0.1) is 9.21 Å². The van der Waals surface area contributed by atoms with Crippen LogP contribution in [0.4, 0.5) is 5.69 Å². The van der Waals surface area contributed by atoms with Crippen molar-refractivity contribution in [3.63, 3.8) is 0 Å². The van der Waals surface area contributed by atoms with E-state index in [0.717, 1.165) is 24.2 Å². The summed E-state index contributed by atoms with van der Waals surface area (Å²) >= 11 is 7.00. The molecule has 26 heavy (non-hydrogen) atoms. The van der Waals surface area contributed by atoms with Gasteiger partial charge in [-0.05, 0) is 49.6 Å². The predicted octanol–water partition coefficient (Wildman–Crippen LogP) is 3.73. The highest BCUT2D eigenvalue weighted by molar-refractivity contribution is 7.18. The van der Waals surface area contributed by atoms with E-state index in [1.54, 1.807) is 36.4 Å². The van der Waals surface area contributed by atoms with Crippen LogP contribution in [-0.2, 0) is 4.79 Å². The lowest BCUT2D eigenvalue weighted by Gasteiger charge is -2.33. The number of nitrogens with one attached hydrogen (secondary N) is 1. The van der Waals surface area contributed by atoms with Crippen molar-refractivity contribution in [1.82, 2.24) is 4.90 Å². The molecule has 0 spiro atoms. The SMILES string of the molecule is O=C(Nc1cccc(C(=O)N2CCCCC2C(=O)O)c1)c1ccc(Cl)s1. The molecule has 0 radical (unpaired) electrons. The Balaban J connectivity index is 1.77. The van der Waals surface area contributed by atoms with Gasteiger partial charge >= 0.3 is 5.97 Å². The van der Waals surface area contributed by atoms with Crippen LogP contribution in [0.25, 0.3) is 0 Å². The van der Waals surface area contributed by atoms with Gasteiger partial charge in [-0.3, -0.25) is 9.59 Å². The number of carboxylic acid groups (broad SMARTS) is 1. The first-order chi connectivity index (χ1) is 12.5. The molecule has 1 saturated heterocycles. The number of hydrogen-bond acceptors (Lipinski definition) is 4. The van der Waals surface area contributed by atoms with Gasteiger partial charge in [0.2, 0.25) is 0 Å². The van der Waals surface area contributed by atoms with Crippen molar-refractivity contribution in [3.05, 3.63) is 51.2 Å². The summed E-state index contributed by atoms with van der Waals surface area (Å²) in [6.07, 6.45) is 2.03. The summed E-state index contributed by atoms with van der Waals surface area (Å²) in [5, 5.41) is 12.1. The highest BCUT2D eigenvalue weighted by Gasteiger charge is 2.32. The summed E-state index contributed by atoms with van der Waals surface area (Å²) in [4.78, 5) is 38.3. The number of carbonyl (C=O) groups is 3. The number of benzene rings is 1.